The van der Waals surface area contributed by atoms with Crippen molar-refractivity contribution in [2.75, 3.05) is 31.1 Å². The zero-order chi connectivity index (χ0) is 33.7. The molecule has 4 aromatic rings. The summed E-state index contributed by atoms with van der Waals surface area (Å²) in [6.45, 7) is 9.30. The molecule has 1 saturated heterocycles. The number of benzene rings is 3. The van der Waals surface area contributed by atoms with E-state index in [2.05, 4.69) is 22.3 Å². The molecule has 3 aromatic carbocycles. The quantitative estimate of drug-likeness (QED) is 0.268. The molecule has 9 nitrogen and oxygen atoms in total. The van der Waals surface area contributed by atoms with E-state index in [9.17, 15) is 23.2 Å². The molecule has 0 radical (unpaired) electrons. The first-order chi connectivity index (χ1) is 22.4. The number of anilines is 1. The summed E-state index contributed by atoms with van der Waals surface area (Å²) in [5, 5.41) is 2.81. The van der Waals surface area contributed by atoms with Crippen LogP contribution in [0.15, 0.2) is 88.5 Å². The minimum Gasteiger partial charge on any atom is -0.444 e. The van der Waals surface area contributed by atoms with Crippen molar-refractivity contribution in [3.05, 3.63) is 134 Å². The van der Waals surface area contributed by atoms with Crippen LogP contribution < -0.4 is 21.5 Å². The Morgan fingerprint density at radius 3 is 2.02 bits per heavy atom. The lowest BCUT2D eigenvalue weighted by molar-refractivity contribution is 0.0497. The van der Waals surface area contributed by atoms with Gasteiger partial charge in [0.15, 0.2) is 0 Å². The predicted octanol–water partition coefficient (Wildman–Crippen LogP) is 5.23. The standard InChI is InChI=1S/C36H41F2N5O4/c1-25-32(41-20-18-40(19-21-41)22-26-12-7-5-8-13-26)33(44)43(35(46)42(25)23-28-29(37)16-11-17-30(28)38)24-31(27-14-9-6-10-15-27)39-34(45)47-36(2,3)4/h5-17,31H,18-24H2,1-4H3,(H,39,45). The molecule has 1 aliphatic rings. The van der Waals surface area contributed by atoms with Gasteiger partial charge in [-0.3, -0.25) is 18.8 Å². The van der Waals surface area contributed by atoms with Gasteiger partial charge in [0.2, 0.25) is 0 Å². The first kappa shape index (κ1) is 33.6. The van der Waals surface area contributed by atoms with E-state index < -0.39 is 47.2 Å². The number of aromatic nitrogens is 2. The predicted molar refractivity (Wildman–Crippen MR) is 178 cm³/mol. The molecule has 0 spiro atoms. The Labute approximate surface area is 273 Å². The van der Waals surface area contributed by atoms with Crippen molar-refractivity contribution in [3.63, 3.8) is 0 Å². The van der Waals surface area contributed by atoms with Gasteiger partial charge in [-0.15, -0.1) is 0 Å². The van der Waals surface area contributed by atoms with E-state index in [-0.39, 0.29) is 17.8 Å². The first-order valence-corrected chi connectivity index (χ1v) is 15.7. The van der Waals surface area contributed by atoms with Gasteiger partial charge >= 0.3 is 11.8 Å². The van der Waals surface area contributed by atoms with Crippen molar-refractivity contribution in [1.29, 1.82) is 0 Å². The van der Waals surface area contributed by atoms with E-state index in [0.29, 0.717) is 37.4 Å². The van der Waals surface area contributed by atoms with Crippen molar-refractivity contribution < 1.29 is 18.3 Å². The Bertz CT molecular complexity index is 1790. The highest BCUT2D eigenvalue weighted by Gasteiger charge is 2.28. The van der Waals surface area contributed by atoms with Crippen molar-refractivity contribution in [3.8, 4) is 0 Å². The van der Waals surface area contributed by atoms with Crippen LogP contribution in [0, 0.1) is 18.6 Å². The molecule has 1 unspecified atom stereocenters. The fourth-order valence-corrected chi connectivity index (χ4v) is 5.86. The van der Waals surface area contributed by atoms with Crippen LogP contribution in [0.25, 0.3) is 0 Å². The summed E-state index contributed by atoms with van der Waals surface area (Å²) in [5.74, 6) is -1.59. The van der Waals surface area contributed by atoms with Crippen LogP contribution in [0.1, 0.15) is 49.2 Å². The smallest absolute Gasteiger partial charge is 0.408 e. The number of ether oxygens (including phenoxy) is 1. The molecule has 0 saturated carbocycles. The second kappa shape index (κ2) is 14.3. The number of piperazine rings is 1. The Hall–Kier alpha value is -4.77. The van der Waals surface area contributed by atoms with E-state index in [4.69, 9.17) is 4.74 Å². The number of amides is 1. The normalized spacial score (nSPS) is 14.6. The highest BCUT2D eigenvalue weighted by molar-refractivity contribution is 5.68. The number of hydrogen-bond donors (Lipinski definition) is 1. The van der Waals surface area contributed by atoms with Crippen molar-refractivity contribution in [2.24, 2.45) is 0 Å². The number of alkyl carbamates (subject to hydrolysis) is 1. The Morgan fingerprint density at radius 1 is 0.830 bits per heavy atom. The summed E-state index contributed by atoms with van der Waals surface area (Å²) < 4.78 is 37.5. The molecule has 1 N–H and O–H groups in total. The zero-order valence-electron chi connectivity index (χ0n) is 27.2. The molecule has 1 fully saturated rings. The Kier molecular flexibility index (Phi) is 10.2. The van der Waals surface area contributed by atoms with Gasteiger partial charge in [0.05, 0.1) is 19.1 Å². The number of carbonyl (C=O) groups is 1. The molecule has 248 valence electrons. The number of rotatable bonds is 9. The van der Waals surface area contributed by atoms with Crippen LogP contribution in [0.4, 0.5) is 19.3 Å². The molecule has 2 heterocycles. The lowest BCUT2D eigenvalue weighted by Crippen LogP contribution is -2.51. The maximum Gasteiger partial charge on any atom is 0.408 e. The highest BCUT2D eigenvalue weighted by atomic mass is 19.1. The van der Waals surface area contributed by atoms with Crippen LogP contribution in [0.5, 0.6) is 0 Å². The van der Waals surface area contributed by atoms with E-state index in [1.165, 1.54) is 16.2 Å². The lowest BCUT2D eigenvalue weighted by Gasteiger charge is -2.37. The van der Waals surface area contributed by atoms with Crippen molar-refractivity contribution in [2.45, 2.75) is 59.0 Å². The molecule has 1 aliphatic heterocycles. The lowest BCUT2D eigenvalue weighted by atomic mass is 10.1. The molecule has 1 atom stereocenters. The van der Waals surface area contributed by atoms with Gasteiger partial charge in [-0.1, -0.05) is 66.7 Å². The van der Waals surface area contributed by atoms with E-state index in [1.54, 1.807) is 52.0 Å². The van der Waals surface area contributed by atoms with Gasteiger partial charge in [-0.25, -0.2) is 18.4 Å². The molecule has 0 aliphatic carbocycles. The van der Waals surface area contributed by atoms with Crippen molar-refractivity contribution >= 4 is 11.8 Å². The minimum absolute atomic E-state index is 0.234. The van der Waals surface area contributed by atoms with Gasteiger partial charge in [0.25, 0.3) is 5.56 Å². The third-order valence-electron chi connectivity index (χ3n) is 8.23. The highest BCUT2D eigenvalue weighted by Crippen LogP contribution is 2.22. The van der Waals surface area contributed by atoms with Crippen LogP contribution in [0.2, 0.25) is 0 Å². The first-order valence-electron chi connectivity index (χ1n) is 15.7. The number of nitrogens with zero attached hydrogens (tertiary/aromatic N) is 4. The molecule has 0 bridgehead atoms. The molecule has 5 rings (SSSR count). The number of nitrogens with one attached hydrogen (secondary N) is 1. The largest absolute Gasteiger partial charge is 0.444 e. The third kappa shape index (κ3) is 8.15. The van der Waals surface area contributed by atoms with Gasteiger partial charge in [0, 0.05) is 44.0 Å². The molecule has 47 heavy (non-hydrogen) atoms. The summed E-state index contributed by atoms with van der Waals surface area (Å²) in [7, 11) is 0. The Morgan fingerprint density at radius 2 is 1.43 bits per heavy atom. The minimum atomic E-state index is -0.826. The summed E-state index contributed by atoms with van der Waals surface area (Å²) >= 11 is 0. The number of hydrogen-bond acceptors (Lipinski definition) is 6. The van der Waals surface area contributed by atoms with Gasteiger partial charge in [-0.2, -0.15) is 0 Å². The average molecular weight is 646 g/mol. The van der Waals surface area contributed by atoms with E-state index in [0.717, 1.165) is 23.2 Å². The summed E-state index contributed by atoms with van der Waals surface area (Å²) in [5.41, 5.74) is 0.0787. The number of halogens is 2. The van der Waals surface area contributed by atoms with Crippen molar-refractivity contribution in [1.82, 2.24) is 19.4 Å². The topological polar surface area (TPSA) is 88.8 Å². The van der Waals surface area contributed by atoms with Gasteiger partial charge < -0.3 is 15.0 Å². The summed E-state index contributed by atoms with van der Waals surface area (Å²) in [4.78, 5) is 45.6. The average Bonchev–Trinajstić information content (AvgIpc) is 3.03. The fraction of sp³-hybridized carbons (Fsp3) is 0.361. The third-order valence-corrected chi connectivity index (χ3v) is 8.23. The maximum absolute atomic E-state index is 14.9. The summed E-state index contributed by atoms with van der Waals surface area (Å²) in [6.07, 6.45) is -0.713. The van der Waals surface area contributed by atoms with Crippen LogP contribution in [-0.2, 0) is 24.4 Å². The number of carbonyl (C=O) groups excluding carboxylic acids is 1. The van der Waals surface area contributed by atoms with Crippen LogP contribution >= 0.6 is 0 Å². The second-order valence-corrected chi connectivity index (χ2v) is 12.8. The van der Waals surface area contributed by atoms with Crippen LogP contribution in [0.3, 0.4) is 0 Å². The van der Waals surface area contributed by atoms with Gasteiger partial charge in [-0.05, 0) is 51.0 Å². The molecular weight excluding hydrogens is 604 g/mol. The van der Waals surface area contributed by atoms with E-state index >= 15 is 0 Å². The van der Waals surface area contributed by atoms with Crippen LogP contribution in [-0.4, -0.2) is 51.9 Å². The fourth-order valence-electron chi connectivity index (χ4n) is 5.86. The Balaban J connectivity index is 1.55. The monoisotopic (exact) mass is 645 g/mol. The molecule has 11 heteroatoms. The molecule has 1 aromatic heterocycles. The zero-order valence-corrected chi connectivity index (χ0v) is 27.2. The SMILES string of the molecule is Cc1c(N2CCN(Cc3ccccc3)CC2)c(=O)n(CC(NC(=O)OC(C)(C)C)c2ccccc2)c(=O)n1Cc1c(F)cccc1F. The van der Waals surface area contributed by atoms with Gasteiger partial charge in [0.1, 0.15) is 22.9 Å². The maximum atomic E-state index is 14.9. The summed E-state index contributed by atoms with van der Waals surface area (Å²) in [6, 6.07) is 21.8. The second-order valence-electron chi connectivity index (χ2n) is 12.8. The van der Waals surface area contributed by atoms with E-state index in [1.807, 2.05) is 29.2 Å². The molecular formula is C36H41F2N5O4. The molecule has 1 amide bonds.